The van der Waals surface area contributed by atoms with Crippen LogP contribution in [-0.2, 0) is 37.3 Å². The first kappa shape index (κ1) is 26.2. The SMILES string of the molecule is [2H]c1c([2H])c([2H])c(-c2cnc(-n3c4[c-]c(Oc5[c-]c(-n6[c-][n+](-c7c(-c8c([2H])c([2H])c9c(c8[2H])C(C([2H])([2H])[2H])(C([2H])([2H])[2H])C([2H])([2H])C([2H])([2H])C9(C([2H])([2H])[2H])C([2H])([2H])[2H])cccc7C(C)(C)C)c7ccccc76)ccc5)ccc4c4ccccc43)cc2C2([2H])CCCC2)c([2H])c1[2H].[Pt]. The van der Waals surface area contributed by atoms with Gasteiger partial charge in [0.25, 0.3) is 6.33 Å². The summed E-state index contributed by atoms with van der Waals surface area (Å²) in [6.45, 7) is -11.4. The predicted molar refractivity (Wildman–Crippen MR) is 286 cm³/mol. The van der Waals surface area contributed by atoms with Crippen LogP contribution < -0.4 is 9.30 Å². The van der Waals surface area contributed by atoms with Crippen LogP contribution in [0.3, 0.4) is 0 Å². The molecule has 1 saturated carbocycles. The molecule has 0 spiro atoms. The number of pyridine rings is 1. The van der Waals surface area contributed by atoms with Crippen LogP contribution in [0.15, 0.2) is 158 Å². The van der Waals surface area contributed by atoms with Gasteiger partial charge < -0.3 is 13.9 Å². The van der Waals surface area contributed by atoms with Crippen LogP contribution in [0.5, 0.6) is 11.5 Å². The molecule has 2 aliphatic carbocycles. The van der Waals surface area contributed by atoms with Crippen molar-refractivity contribution < 1.29 is 64.6 Å². The van der Waals surface area contributed by atoms with Gasteiger partial charge in [-0.25, -0.2) is 4.98 Å². The van der Waals surface area contributed by atoms with Gasteiger partial charge in [-0.2, -0.15) is 18.2 Å². The van der Waals surface area contributed by atoms with E-state index in [0.717, 1.165) is 29.1 Å². The van der Waals surface area contributed by atoms with Crippen LogP contribution in [0.2, 0.25) is 0 Å². The van der Waals surface area contributed by atoms with E-state index in [9.17, 15) is 11.0 Å². The van der Waals surface area contributed by atoms with Gasteiger partial charge >= 0.3 is 0 Å². The summed E-state index contributed by atoms with van der Waals surface area (Å²) in [5.74, 6) is -0.383. The Labute approximate surface area is 468 Å². The van der Waals surface area contributed by atoms with Gasteiger partial charge in [0.15, 0.2) is 0 Å². The van der Waals surface area contributed by atoms with Crippen LogP contribution in [0.1, 0.15) is 149 Å². The molecule has 0 aliphatic heterocycles. The normalized spacial score (nSPS) is 23.2. The number of ether oxygens (including phenoxy) is 1. The van der Waals surface area contributed by atoms with Crippen LogP contribution in [0.25, 0.3) is 72.3 Å². The van der Waals surface area contributed by atoms with Crippen molar-refractivity contribution in [2.45, 2.75) is 109 Å². The van der Waals surface area contributed by atoms with Crippen molar-refractivity contribution in [3.63, 3.8) is 0 Å². The van der Waals surface area contributed by atoms with E-state index < -0.39 is 127 Å². The summed E-state index contributed by atoms with van der Waals surface area (Å²) < 4.78 is 237. The predicted octanol–water partition coefficient (Wildman–Crippen LogP) is 16.2. The third-order valence-corrected chi connectivity index (χ3v) is 13.1. The Kier molecular flexibility index (Phi) is 6.63. The summed E-state index contributed by atoms with van der Waals surface area (Å²) in [7, 11) is 0. The van der Waals surface area contributed by atoms with E-state index in [1.54, 1.807) is 69.8 Å². The fraction of sp³-hybridized carbons (Fsp3) is 0.262. The van der Waals surface area contributed by atoms with Gasteiger partial charge in [-0.3, -0.25) is 4.57 Å². The van der Waals surface area contributed by atoms with Crippen molar-refractivity contribution in [3.8, 4) is 50.9 Å². The molecule has 0 saturated heterocycles. The number of fused-ring (bicyclic) bond motifs is 5. The van der Waals surface area contributed by atoms with Crippen molar-refractivity contribution >= 4 is 32.8 Å². The summed E-state index contributed by atoms with van der Waals surface area (Å²) in [5, 5.41) is 1.59. The second-order valence-electron chi connectivity index (χ2n) is 18.8. The Bertz CT molecular complexity index is 4780. The molecular weight excluding hydrogens is 1050 g/mol. The molecule has 0 radical (unpaired) electrons. The van der Waals surface area contributed by atoms with Gasteiger partial charge in [0, 0.05) is 73.1 Å². The molecule has 1 fully saturated rings. The zero-order chi connectivity index (χ0) is 69.4. The first-order valence-corrected chi connectivity index (χ1v) is 23.0. The van der Waals surface area contributed by atoms with Gasteiger partial charge in [-0.05, 0) is 110 Å². The molecule has 0 bridgehead atoms. The Hall–Kier alpha value is -6.55. The molecule has 0 N–H and O–H groups in total. The summed E-state index contributed by atoms with van der Waals surface area (Å²) in [4.78, 5) is 4.89. The van der Waals surface area contributed by atoms with Crippen LogP contribution in [0.4, 0.5) is 0 Å². The number of hydrogen-bond donors (Lipinski definition) is 0. The molecular formula is C65H60N4OPt-2. The Morgan fingerprint density at radius 3 is 2.27 bits per heavy atom. The maximum atomic E-state index is 10.1. The standard InChI is InChI=1S/C65H60N4O.Pt/c1-63(2,3)55-27-18-26-49(45-31-34-54-56(37-45)65(6,7)36-35-64(54,4)5)62(55)68-42-67(58-29-15-16-30-59(58)68)46-23-17-24-47(38-46)70-48-32-33-51-50-25-13-14-28-57(50)69(60(51)39-48)61-40-52(43-21-11-12-22-43)53(41-66-61)44-19-9-8-10-20-44;/h8-10,13-20,23-34,37,40-41,43H,11-12,21-22,35-36H2,1-7H3;/q-2;/i4D3,5D3,6D3,7D3,8D,9D,10D,19D,20D,31D,34D,35D2,36D2,37D,43D;. The van der Waals surface area contributed by atoms with Crippen LogP contribution in [0, 0.1) is 18.5 Å². The van der Waals surface area contributed by atoms with Gasteiger partial charge in [0.2, 0.25) is 0 Å². The molecule has 0 atom stereocenters. The number of aromatic nitrogens is 4. The van der Waals surface area contributed by atoms with E-state index in [1.165, 1.54) is 18.3 Å². The molecule has 71 heavy (non-hydrogen) atoms. The molecule has 0 amide bonds. The number of imidazole rings is 1. The molecule has 0 unspecified atom stereocenters. The molecule has 2 aliphatic rings. The maximum absolute atomic E-state index is 10.1. The van der Waals surface area contributed by atoms with E-state index in [1.807, 2.05) is 55.7 Å². The van der Waals surface area contributed by atoms with Crippen molar-refractivity contribution in [2.75, 3.05) is 0 Å². The smallest absolute Gasteiger partial charge is 0.268 e. The fourth-order valence-electron chi connectivity index (χ4n) is 9.84. The van der Waals surface area contributed by atoms with Crippen LogP contribution in [-0.4, -0.2) is 14.1 Å². The number of para-hydroxylation sites is 4. The summed E-state index contributed by atoms with van der Waals surface area (Å²) in [6.07, 6.45) is -1.73. The molecule has 358 valence electrons. The van der Waals surface area contributed by atoms with Crippen molar-refractivity contribution in [3.05, 3.63) is 198 Å². The molecule has 3 heterocycles. The summed E-state index contributed by atoms with van der Waals surface area (Å²) in [5.41, 5.74) is -9.83. The average Bonchev–Trinajstić information content (AvgIpc) is 0.799. The molecule has 12 rings (SSSR count). The van der Waals surface area contributed by atoms with E-state index in [-0.39, 0.29) is 54.9 Å². The maximum Gasteiger partial charge on any atom is 0.268 e. The van der Waals surface area contributed by atoms with E-state index in [0.29, 0.717) is 52.0 Å². The van der Waals surface area contributed by atoms with Gasteiger partial charge in [-0.15, -0.1) is 29.7 Å². The number of nitrogens with zero attached hydrogens (tertiary/aromatic N) is 4. The Balaban J connectivity index is 0.00000936. The molecule has 7 aromatic carbocycles. The van der Waals surface area contributed by atoms with Crippen molar-refractivity contribution in [2.24, 2.45) is 0 Å². The summed E-state index contributed by atoms with van der Waals surface area (Å²) in [6, 6.07) is 30.1. The zero-order valence-corrected chi connectivity index (χ0v) is 41.0. The van der Waals surface area contributed by atoms with E-state index >= 15 is 0 Å². The minimum atomic E-state index is -4.51. The minimum absolute atomic E-state index is 0. The second-order valence-corrected chi connectivity index (χ2v) is 18.8. The molecule has 6 heteroatoms. The largest absolute Gasteiger partial charge is 0.510 e. The minimum Gasteiger partial charge on any atom is -0.510 e. The second kappa shape index (κ2) is 17.9. The third-order valence-electron chi connectivity index (χ3n) is 13.1. The van der Waals surface area contributed by atoms with Gasteiger partial charge in [0.1, 0.15) is 5.82 Å². The monoisotopic (exact) mass is 1130 g/mol. The molecule has 10 aromatic rings. The van der Waals surface area contributed by atoms with Gasteiger partial charge in [0.05, 0.1) is 27.7 Å². The number of benzene rings is 7. The number of hydrogen-bond acceptors (Lipinski definition) is 2. The zero-order valence-electron chi connectivity index (χ0n) is 63.7. The first-order chi connectivity index (χ1) is 44.0. The van der Waals surface area contributed by atoms with E-state index in [2.05, 4.69) is 18.5 Å². The average molecular weight is 1130 g/mol. The molecule has 5 nitrogen and oxygen atoms in total. The van der Waals surface area contributed by atoms with Crippen LogP contribution >= 0.6 is 0 Å². The fourth-order valence-corrected chi connectivity index (χ4v) is 9.84. The number of rotatable bonds is 8. The summed E-state index contributed by atoms with van der Waals surface area (Å²) >= 11 is 0. The van der Waals surface area contributed by atoms with E-state index in [4.69, 9.17) is 33.0 Å². The van der Waals surface area contributed by atoms with Gasteiger partial charge in [-0.1, -0.05) is 176 Å². The Morgan fingerprint density at radius 1 is 0.746 bits per heavy atom. The van der Waals surface area contributed by atoms with Crippen molar-refractivity contribution in [1.82, 2.24) is 14.1 Å². The van der Waals surface area contributed by atoms with Crippen molar-refractivity contribution in [1.29, 1.82) is 0 Å². The Morgan fingerprint density at radius 2 is 1.48 bits per heavy atom. The first-order valence-electron chi connectivity index (χ1n) is 35.5. The molecule has 3 aromatic heterocycles. The quantitative estimate of drug-likeness (QED) is 0.112. The third kappa shape index (κ3) is 8.25. The topological polar surface area (TPSA) is 35.9 Å².